The lowest BCUT2D eigenvalue weighted by atomic mass is 10.1. The first-order chi connectivity index (χ1) is 13.1. The van der Waals surface area contributed by atoms with Crippen LogP contribution in [0.5, 0.6) is 0 Å². The predicted octanol–water partition coefficient (Wildman–Crippen LogP) is 2.53. The van der Waals surface area contributed by atoms with Gasteiger partial charge in [0.2, 0.25) is 0 Å². The van der Waals surface area contributed by atoms with Crippen LogP contribution in [0.1, 0.15) is 31.4 Å². The summed E-state index contributed by atoms with van der Waals surface area (Å²) in [6, 6.07) is 9.26. The third-order valence-electron chi connectivity index (χ3n) is 5.39. The number of hydrogen-bond acceptors (Lipinski definition) is 4. The van der Waals surface area contributed by atoms with Crippen LogP contribution in [-0.2, 0) is 17.8 Å². The van der Waals surface area contributed by atoms with Crippen LogP contribution in [-0.4, -0.2) is 75.3 Å². The minimum Gasteiger partial charge on any atom is -0.379 e. The van der Waals surface area contributed by atoms with Crippen molar-refractivity contribution < 1.29 is 4.74 Å². The molecule has 1 unspecified atom stereocenters. The van der Waals surface area contributed by atoms with E-state index < -0.39 is 0 Å². The van der Waals surface area contributed by atoms with E-state index in [4.69, 9.17) is 4.74 Å². The molecule has 28 heavy (non-hydrogen) atoms. The predicted molar refractivity (Wildman–Crippen MR) is 129 cm³/mol. The largest absolute Gasteiger partial charge is 0.379 e. The zero-order valence-electron chi connectivity index (χ0n) is 17.9. The second kappa shape index (κ2) is 14.1. The Balaban J connectivity index is 0.00000392. The molecule has 2 N–H and O–H groups in total. The molecular formula is C21H38IN5O. The van der Waals surface area contributed by atoms with E-state index in [1.165, 1.54) is 17.5 Å². The zero-order valence-corrected chi connectivity index (χ0v) is 20.2. The molecule has 7 heteroatoms. The normalized spacial score (nSPS) is 16.5. The molecule has 1 aromatic rings. The number of halogens is 1. The van der Waals surface area contributed by atoms with Crippen LogP contribution >= 0.6 is 24.0 Å². The Morgan fingerprint density at radius 3 is 2.54 bits per heavy atom. The van der Waals surface area contributed by atoms with Gasteiger partial charge >= 0.3 is 0 Å². The molecule has 160 valence electrons. The van der Waals surface area contributed by atoms with Crippen LogP contribution in [0, 0.1) is 0 Å². The first kappa shape index (κ1) is 25.1. The van der Waals surface area contributed by atoms with Crippen LogP contribution in [0.2, 0.25) is 0 Å². The third kappa shape index (κ3) is 8.63. The number of guanidine groups is 1. The fourth-order valence-corrected chi connectivity index (χ4v) is 3.17. The summed E-state index contributed by atoms with van der Waals surface area (Å²) in [5.41, 5.74) is 2.70. The molecule has 1 aliphatic rings. The highest BCUT2D eigenvalue weighted by Crippen LogP contribution is 2.13. The molecule has 1 aromatic carbocycles. The molecule has 1 atom stereocenters. The Hall–Kier alpha value is -0.900. The van der Waals surface area contributed by atoms with Gasteiger partial charge in [-0.1, -0.05) is 31.2 Å². The van der Waals surface area contributed by atoms with Gasteiger partial charge in [0.05, 0.1) is 13.2 Å². The highest BCUT2D eigenvalue weighted by molar-refractivity contribution is 14.0. The van der Waals surface area contributed by atoms with Crippen LogP contribution in [0.15, 0.2) is 29.3 Å². The molecule has 0 bridgehead atoms. The van der Waals surface area contributed by atoms with Crippen molar-refractivity contribution in [1.82, 2.24) is 20.4 Å². The summed E-state index contributed by atoms with van der Waals surface area (Å²) >= 11 is 0. The summed E-state index contributed by atoms with van der Waals surface area (Å²) < 4.78 is 5.46. The number of hydrogen-bond donors (Lipinski definition) is 2. The van der Waals surface area contributed by atoms with E-state index in [9.17, 15) is 0 Å². The van der Waals surface area contributed by atoms with Crippen molar-refractivity contribution >= 4 is 29.9 Å². The van der Waals surface area contributed by atoms with E-state index in [0.29, 0.717) is 6.04 Å². The van der Waals surface area contributed by atoms with Crippen LogP contribution in [0.4, 0.5) is 0 Å². The molecule has 1 saturated heterocycles. The fourth-order valence-electron chi connectivity index (χ4n) is 3.17. The van der Waals surface area contributed by atoms with Gasteiger partial charge in [-0.2, -0.15) is 0 Å². The van der Waals surface area contributed by atoms with Crippen molar-refractivity contribution in [2.24, 2.45) is 4.99 Å². The number of benzene rings is 1. The summed E-state index contributed by atoms with van der Waals surface area (Å²) in [5.74, 6) is 0.855. The highest BCUT2D eigenvalue weighted by atomic mass is 127. The van der Waals surface area contributed by atoms with E-state index in [0.717, 1.165) is 58.4 Å². The minimum absolute atomic E-state index is 0. The van der Waals surface area contributed by atoms with Crippen molar-refractivity contribution in [3.8, 4) is 0 Å². The lowest BCUT2D eigenvalue weighted by Gasteiger charge is -2.27. The van der Waals surface area contributed by atoms with Crippen LogP contribution < -0.4 is 10.6 Å². The van der Waals surface area contributed by atoms with E-state index in [1.807, 2.05) is 7.05 Å². The number of nitrogens with zero attached hydrogens (tertiary/aromatic N) is 3. The smallest absolute Gasteiger partial charge is 0.191 e. The van der Waals surface area contributed by atoms with E-state index in [2.05, 4.69) is 70.6 Å². The van der Waals surface area contributed by atoms with E-state index in [-0.39, 0.29) is 24.0 Å². The van der Waals surface area contributed by atoms with Gasteiger partial charge in [0.1, 0.15) is 0 Å². The quantitative estimate of drug-likeness (QED) is 0.308. The molecule has 0 saturated carbocycles. The Kier molecular flexibility index (Phi) is 12.7. The summed E-state index contributed by atoms with van der Waals surface area (Å²) in [6.45, 7) is 11.8. The molecule has 2 rings (SSSR count). The van der Waals surface area contributed by atoms with Crippen molar-refractivity contribution in [3.63, 3.8) is 0 Å². The molecule has 0 radical (unpaired) electrons. The van der Waals surface area contributed by atoms with Gasteiger partial charge in [0.25, 0.3) is 0 Å². The lowest BCUT2D eigenvalue weighted by molar-refractivity contribution is 0.0341. The summed E-state index contributed by atoms with van der Waals surface area (Å²) in [4.78, 5) is 9.19. The van der Waals surface area contributed by atoms with E-state index in [1.54, 1.807) is 0 Å². The highest BCUT2D eigenvalue weighted by Gasteiger charge is 2.13. The Labute approximate surface area is 188 Å². The average Bonchev–Trinajstić information content (AvgIpc) is 2.71. The molecule has 0 spiro atoms. The number of morpholine rings is 1. The lowest BCUT2D eigenvalue weighted by Crippen LogP contribution is -2.42. The summed E-state index contributed by atoms with van der Waals surface area (Å²) in [7, 11) is 4.00. The van der Waals surface area contributed by atoms with Crippen molar-refractivity contribution in [1.29, 1.82) is 0 Å². The summed E-state index contributed by atoms with van der Waals surface area (Å²) in [5, 5.41) is 6.88. The molecular weight excluding hydrogens is 465 g/mol. The van der Waals surface area contributed by atoms with Crippen LogP contribution in [0.3, 0.4) is 0 Å². The molecule has 1 heterocycles. The molecule has 1 aliphatic heterocycles. The number of aliphatic imine (C=N–C) groups is 1. The third-order valence-corrected chi connectivity index (χ3v) is 5.39. The summed E-state index contributed by atoms with van der Waals surface area (Å²) in [6.07, 6.45) is 1.17. The average molecular weight is 503 g/mol. The number of likely N-dealkylation sites (N-methyl/N-ethyl adjacent to an activating group) is 1. The second-order valence-electron chi connectivity index (χ2n) is 7.25. The topological polar surface area (TPSA) is 52.1 Å². The van der Waals surface area contributed by atoms with Gasteiger partial charge in [-0.15, -0.1) is 24.0 Å². The SMILES string of the molecule is CCC(C)N(C)CCNC(=NC)NCc1ccccc1CN1CCOCC1.I. The monoisotopic (exact) mass is 503 g/mol. The fraction of sp³-hybridized carbons (Fsp3) is 0.667. The van der Waals surface area contributed by atoms with Crippen molar-refractivity contribution in [2.75, 3.05) is 53.5 Å². The van der Waals surface area contributed by atoms with Crippen molar-refractivity contribution in [3.05, 3.63) is 35.4 Å². The molecule has 0 aromatic heterocycles. The van der Waals surface area contributed by atoms with Gasteiger partial charge in [0, 0.05) is 52.4 Å². The molecule has 1 fully saturated rings. The standard InChI is InChI=1S/C21H37N5O.HI/c1-5-18(2)25(4)11-10-23-21(22-3)24-16-19-8-6-7-9-20(19)17-26-12-14-27-15-13-26;/h6-9,18H,5,10-17H2,1-4H3,(H2,22,23,24);1H. The Morgan fingerprint density at radius 2 is 1.89 bits per heavy atom. The van der Waals surface area contributed by atoms with Gasteiger partial charge in [-0.25, -0.2) is 0 Å². The Bertz CT molecular complexity index is 578. The van der Waals surface area contributed by atoms with Gasteiger partial charge in [-0.3, -0.25) is 9.89 Å². The number of nitrogens with one attached hydrogen (secondary N) is 2. The van der Waals surface area contributed by atoms with Crippen LogP contribution in [0.25, 0.3) is 0 Å². The second-order valence-corrected chi connectivity index (χ2v) is 7.25. The molecule has 6 nitrogen and oxygen atoms in total. The molecule has 0 amide bonds. The van der Waals surface area contributed by atoms with Gasteiger partial charge in [0.15, 0.2) is 5.96 Å². The van der Waals surface area contributed by atoms with Gasteiger partial charge in [-0.05, 0) is 31.5 Å². The van der Waals surface area contributed by atoms with Crippen molar-refractivity contribution in [2.45, 2.75) is 39.4 Å². The number of ether oxygens (including phenoxy) is 1. The first-order valence-electron chi connectivity index (χ1n) is 10.2. The minimum atomic E-state index is 0. The number of rotatable bonds is 9. The first-order valence-corrected chi connectivity index (χ1v) is 10.2. The molecule has 0 aliphatic carbocycles. The zero-order chi connectivity index (χ0) is 19.5. The Morgan fingerprint density at radius 1 is 1.21 bits per heavy atom. The maximum atomic E-state index is 5.46. The maximum Gasteiger partial charge on any atom is 0.191 e. The van der Waals surface area contributed by atoms with E-state index >= 15 is 0 Å². The maximum absolute atomic E-state index is 5.46. The van der Waals surface area contributed by atoms with Gasteiger partial charge < -0.3 is 20.3 Å².